The number of carbonyl (C=O) groups excluding carboxylic acids is 1. The van der Waals surface area contributed by atoms with Crippen LogP contribution in [0.4, 0.5) is 13.6 Å². The van der Waals surface area contributed by atoms with Crippen molar-refractivity contribution >= 4 is 12.1 Å². The zero-order chi connectivity index (χ0) is 14.8. The first-order chi connectivity index (χ1) is 8.51. The molecule has 0 unspecified atom stereocenters. The lowest BCUT2D eigenvalue weighted by Crippen LogP contribution is -2.52. The number of nitrogens with zero attached hydrogens (tertiary/aromatic N) is 1. The number of carboxylic acid groups (broad SMARTS) is 1. The minimum Gasteiger partial charge on any atom is -0.481 e. The molecular weight excluding hydrogens is 260 g/mol. The van der Waals surface area contributed by atoms with Crippen molar-refractivity contribution in [3.63, 3.8) is 0 Å². The molecule has 0 spiro atoms. The highest BCUT2D eigenvalue weighted by Gasteiger charge is 2.47. The van der Waals surface area contributed by atoms with Gasteiger partial charge in [-0.1, -0.05) is 0 Å². The van der Waals surface area contributed by atoms with E-state index in [0.29, 0.717) is 0 Å². The second-order valence-corrected chi connectivity index (χ2v) is 5.75. The number of hydrogen-bond acceptors (Lipinski definition) is 3. The van der Waals surface area contributed by atoms with Crippen LogP contribution in [0.5, 0.6) is 0 Å². The molecule has 1 heterocycles. The number of ether oxygens (including phenoxy) is 1. The lowest BCUT2D eigenvalue weighted by Gasteiger charge is -2.38. The third kappa shape index (κ3) is 4.65. The zero-order valence-corrected chi connectivity index (χ0v) is 11.3. The van der Waals surface area contributed by atoms with Gasteiger partial charge in [-0.15, -0.1) is 0 Å². The summed E-state index contributed by atoms with van der Waals surface area (Å²) in [4.78, 5) is 23.1. The minimum absolute atomic E-state index is 0.0431. The highest BCUT2D eigenvalue weighted by atomic mass is 19.3. The Morgan fingerprint density at radius 1 is 1.42 bits per heavy atom. The van der Waals surface area contributed by atoms with Crippen molar-refractivity contribution < 1.29 is 28.2 Å². The van der Waals surface area contributed by atoms with Crippen LogP contribution in [-0.4, -0.2) is 46.7 Å². The van der Waals surface area contributed by atoms with Crippen molar-refractivity contribution in [2.75, 3.05) is 13.1 Å². The Balaban J connectivity index is 2.65. The number of amides is 1. The van der Waals surface area contributed by atoms with E-state index in [-0.39, 0.29) is 13.0 Å². The van der Waals surface area contributed by atoms with Gasteiger partial charge in [0, 0.05) is 12.5 Å². The fourth-order valence-electron chi connectivity index (χ4n) is 1.93. The van der Waals surface area contributed by atoms with Crippen molar-refractivity contribution in [3.05, 3.63) is 0 Å². The van der Waals surface area contributed by atoms with Gasteiger partial charge in [0.1, 0.15) is 5.60 Å². The lowest BCUT2D eigenvalue weighted by molar-refractivity contribution is -0.148. The molecule has 110 valence electrons. The van der Waals surface area contributed by atoms with E-state index in [0.717, 1.165) is 4.90 Å². The molecule has 0 aromatic carbocycles. The normalized spacial score (nSPS) is 23.0. The van der Waals surface area contributed by atoms with Gasteiger partial charge in [0.05, 0.1) is 13.0 Å². The van der Waals surface area contributed by atoms with Gasteiger partial charge in [0.2, 0.25) is 0 Å². The average Bonchev–Trinajstić information content (AvgIpc) is 2.17. The SMILES string of the molecule is CC(C)(C)OC(=O)N1CC[C@H](CC(=O)O)C(F)(F)C1. The standard InChI is InChI=1S/C12H19F2NO4/c1-11(2,3)19-10(18)15-5-4-8(6-9(16)17)12(13,14)7-15/h8H,4-7H2,1-3H3,(H,16,17)/t8-/m1/s1. The van der Waals surface area contributed by atoms with Crippen molar-refractivity contribution in [2.24, 2.45) is 5.92 Å². The first kappa shape index (κ1) is 15.7. The van der Waals surface area contributed by atoms with Gasteiger partial charge < -0.3 is 14.7 Å². The van der Waals surface area contributed by atoms with Crippen LogP contribution < -0.4 is 0 Å². The fourth-order valence-corrected chi connectivity index (χ4v) is 1.93. The van der Waals surface area contributed by atoms with Gasteiger partial charge in [-0.05, 0) is 27.2 Å². The van der Waals surface area contributed by atoms with Gasteiger partial charge in [0.25, 0.3) is 5.92 Å². The number of aliphatic carboxylic acids is 1. The van der Waals surface area contributed by atoms with E-state index in [9.17, 15) is 18.4 Å². The summed E-state index contributed by atoms with van der Waals surface area (Å²) in [5, 5.41) is 8.59. The highest BCUT2D eigenvalue weighted by molar-refractivity contribution is 5.69. The highest BCUT2D eigenvalue weighted by Crippen LogP contribution is 2.35. The minimum atomic E-state index is -3.20. The number of halogens is 2. The largest absolute Gasteiger partial charge is 0.481 e. The molecule has 0 radical (unpaired) electrons. The average molecular weight is 279 g/mol. The predicted octanol–water partition coefficient (Wildman–Crippen LogP) is 2.35. The van der Waals surface area contributed by atoms with Crippen LogP contribution >= 0.6 is 0 Å². The van der Waals surface area contributed by atoms with Gasteiger partial charge in [-0.2, -0.15) is 0 Å². The smallest absolute Gasteiger partial charge is 0.410 e. The molecule has 1 atom stereocenters. The summed E-state index contributed by atoms with van der Waals surface area (Å²) in [6.07, 6.45) is -1.42. The first-order valence-corrected chi connectivity index (χ1v) is 6.09. The third-order valence-corrected chi connectivity index (χ3v) is 2.82. The molecule has 0 aromatic heterocycles. The molecule has 1 rings (SSSR count). The number of hydrogen-bond donors (Lipinski definition) is 1. The summed E-state index contributed by atoms with van der Waals surface area (Å²) in [5.41, 5.74) is -0.746. The molecule has 1 aliphatic rings. The van der Waals surface area contributed by atoms with E-state index in [2.05, 4.69) is 0 Å². The Labute approximate surface area is 110 Å². The monoisotopic (exact) mass is 279 g/mol. The molecule has 0 bridgehead atoms. The van der Waals surface area contributed by atoms with Crippen LogP contribution in [0.3, 0.4) is 0 Å². The van der Waals surface area contributed by atoms with E-state index in [1.165, 1.54) is 0 Å². The van der Waals surface area contributed by atoms with Crippen LogP contribution in [0.25, 0.3) is 0 Å². The summed E-state index contributed by atoms with van der Waals surface area (Å²) in [6.45, 7) is 4.25. The van der Waals surface area contributed by atoms with Crippen LogP contribution in [0, 0.1) is 5.92 Å². The van der Waals surface area contributed by atoms with E-state index in [1.54, 1.807) is 20.8 Å². The molecule has 0 aliphatic carbocycles. The Bertz CT molecular complexity index is 365. The van der Waals surface area contributed by atoms with Crippen molar-refractivity contribution in [1.82, 2.24) is 4.90 Å². The molecule has 1 amide bonds. The molecule has 1 N–H and O–H groups in total. The number of piperidine rings is 1. The van der Waals surface area contributed by atoms with Crippen molar-refractivity contribution in [1.29, 1.82) is 0 Å². The molecule has 7 heteroatoms. The number of likely N-dealkylation sites (tertiary alicyclic amines) is 1. The Hall–Kier alpha value is -1.40. The summed E-state index contributed by atoms with van der Waals surface area (Å²) in [6, 6.07) is 0. The van der Waals surface area contributed by atoms with E-state index >= 15 is 0 Å². The van der Waals surface area contributed by atoms with Gasteiger partial charge in [-0.25, -0.2) is 13.6 Å². The maximum absolute atomic E-state index is 13.8. The second kappa shape index (κ2) is 5.30. The van der Waals surface area contributed by atoms with Crippen molar-refractivity contribution in [2.45, 2.75) is 45.1 Å². The molecule has 1 fully saturated rings. The summed E-state index contributed by atoms with van der Waals surface area (Å²) < 4.78 is 32.5. The maximum atomic E-state index is 13.8. The number of carbonyl (C=O) groups is 2. The van der Waals surface area contributed by atoms with Gasteiger partial charge in [-0.3, -0.25) is 4.79 Å². The fraction of sp³-hybridized carbons (Fsp3) is 0.833. The summed E-state index contributed by atoms with van der Waals surface area (Å²) >= 11 is 0. The molecule has 1 aliphatic heterocycles. The second-order valence-electron chi connectivity index (χ2n) is 5.75. The van der Waals surface area contributed by atoms with E-state index in [4.69, 9.17) is 9.84 Å². The maximum Gasteiger partial charge on any atom is 0.410 e. The Kier molecular flexibility index (Phi) is 4.37. The quantitative estimate of drug-likeness (QED) is 0.842. The molecular formula is C12H19F2NO4. The van der Waals surface area contributed by atoms with Crippen LogP contribution in [0.1, 0.15) is 33.6 Å². The Morgan fingerprint density at radius 3 is 2.42 bits per heavy atom. The molecule has 0 saturated carbocycles. The van der Waals surface area contributed by atoms with Gasteiger partial charge >= 0.3 is 12.1 Å². The number of alkyl halides is 2. The number of carboxylic acids is 1. The van der Waals surface area contributed by atoms with Crippen LogP contribution in [0.15, 0.2) is 0 Å². The zero-order valence-electron chi connectivity index (χ0n) is 11.3. The molecule has 0 aromatic rings. The van der Waals surface area contributed by atoms with Crippen LogP contribution in [-0.2, 0) is 9.53 Å². The lowest BCUT2D eigenvalue weighted by atomic mass is 9.90. The first-order valence-electron chi connectivity index (χ1n) is 6.09. The van der Waals surface area contributed by atoms with Crippen molar-refractivity contribution in [3.8, 4) is 0 Å². The molecule has 5 nitrogen and oxygen atoms in total. The van der Waals surface area contributed by atoms with Gasteiger partial charge in [0.15, 0.2) is 0 Å². The third-order valence-electron chi connectivity index (χ3n) is 2.82. The molecule has 1 saturated heterocycles. The van der Waals surface area contributed by atoms with E-state index < -0.39 is 42.5 Å². The predicted molar refractivity (Wildman–Crippen MR) is 63.1 cm³/mol. The number of rotatable bonds is 2. The van der Waals surface area contributed by atoms with E-state index in [1.807, 2.05) is 0 Å². The summed E-state index contributed by atoms with van der Waals surface area (Å²) in [5.74, 6) is -5.69. The molecule has 19 heavy (non-hydrogen) atoms. The van der Waals surface area contributed by atoms with Crippen LogP contribution in [0.2, 0.25) is 0 Å². The Morgan fingerprint density at radius 2 is 2.00 bits per heavy atom. The summed E-state index contributed by atoms with van der Waals surface area (Å²) in [7, 11) is 0. The topological polar surface area (TPSA) is 66.8 Å².